The van der Waals surface area contributed by atoms with Gasteiger partial charge in [0.05, 0.1) is 7.11 Å². The first kappa shape index (κ1) is 9.97. The molecule has 0 unspecified atom stereocenters. The number of hydrogen-bond acceptors (Lipinski definition) is 4. The third-order valence-corrected chi connectivity index (χ3v) is 1.44. The SMILES string of the molecule is COC(=O)Nc1ncccc1C(=O)O. The minimum absolute atomic E-state index is 0.0353. The number of carboxylic acids is 1. The van der Waals surface area contributed by atoms with Crippen LogP contribution in [-0.2, 0) is 4.74 Å². The van der Waals surface area contributed by atoms with E-state index in [1.807, 2.05) is 0 Å². The summed E-state index contributed by atoms with van der Waals surface area (Å²) >= 11 is 0. The van der Waals surface area contributed by atoms with E-state index in [1.165, 1.54) is 25.4 Å². The van der Waals surface area contributed by atoms with Crippen molar-refractivity contribution in [3.05, 3.63) is 23.9 Å². The van der Waals surface area contributed by atoms with Gasteiger partial charge in [-0.3, -0.25) is 5.32 Å². The van der Waals surface area contributed by atoms with E-state index in [4.69, 9.17) is 5.11 Å². The lowest BCUT2D eigenvalue weighted by Gasteiger charge is -2.04. The van der Waals surface area contributed by atoms with Crippen molar-refractivity contribution in [2.24, 2.45) is 0 Å². The zero-order valence-corrected chi connectivity index (χ0v) is 7.35. The maximum Gasteiger partial charge on any atom is 0.412 e. The molecule has 0 aliphatic rings. The molecule has 1 heterocycles. The Morgan fingerprint density at radius 2 is 2.29 bits per heavy atom. The van der Waals surface area contributed by atoms with Gasteiger partial charge in [-0.25, -0.2) is 14.6 Å². The van der Waals surface area contributed by atoms with Crippen LogP contribution in [0.2, 0.25) is 0 Å². The number of aromatic carboxylic acids is 1. The smallest absolute Gasteiger partial charge is 0.412 e. The quantitative estimate of drug-likeness (QED) is 0.735. The second-order valence-electron chi connectivity index (χ2n) is 2.32. The maximum absolute atomic E-state index is 10.8. The first-order chi connectivity index (χ1) is 6.65. The third-order valence-electron chi connectivity index (χ3n) is 1.44. The van der Waals surface area contributed by atoms with Gasteiger partial charge in [0.25, 0.3) is 0 Å². The van der Waals surface area contributed by atoms with Crippen LogP contribution in [0, 0.1) is 0 Å². The van der Waals surface area contributed by atoms with Crippen molar-refractivity contribution in [3.8, 4) is 0 Å². The molecule has 0 saturated heterocycles. The Bertz CT molecular complexity index is 364. The van der Waals surface area contributed by atoms with Crippen LogP contribution in [0.25, 0.3) is 0 Å². The van der Waals surface area contributed by atoms with Crippen LogP contribution in [0.4, 0.5) is 10.6 Å². The summed E-state index contributed by atoms with van der Waals surface area (Å²) in [7, 11) is 1.18. The highest BCUT2D eigenvalue weighted by atomic mass is 16.5. The van der Waals surface area contributed by atoms with E-state index in [0.29, 0.717) is 0 Å². The fraction of sp³-hybridized carbons (Fsp3) is 0.125. The molecule has 1 amide bonds. The van der Waals surface area contributed by atoms with Crippen LogP contribution in [0.1, 0.15) is 10.4 Å². The van der Waals surface area contributed by atoms with Crippen molar-refractivity contribution in [3.63, 3.8) is 0 Å². The predicted molar refractivity (Wildman–Crippen MR) is 47.2 cm³/mol. The summed E-state index contributed by atoms with van der Waals surface area (Å²) in [4.78, 5) is 25.1. The van der Waals surface area contributed by atoms with Gasteiger partial charge in [-0.2, -0.15) is 0 Å². The molecule has 14 heavy (non-hydrogen) atoms. The van der Waals surface area contributed by atoms with Crippen LogP contribution >= 0.6 is 0 Å². The van der Waals surface area contributed by atoms with E-state index in [-0.39, 0.29) is 11.4 Å². The summed E-state index contributed by atoms with van der Waals surface area (Å²) in [6.07, 6.45) is 0.615. The van der Waals surface area contributed by atoms with E-state index in [2.05, 4.69) is 15.0 Å². The molecule has 1 aromatic heterocycles. The molecule has 2 N–H and O–H groups in total. The minimum Gasteiger partial charge on any atom is -0.478 e. The molecule has 0 bridgehead atoms. The number of carbonyl (C=O) groups is 2. The molecule has 74 valence electrons. The number of methoxy groups -OCH3 is 1. The number of carbonyl (C=O) groups excluding carboxylic acids is 1. The summed E-state index contributed by atoms with van der Waals surface area (Å²) in [6, 6.07) is 2.80. The molecule has 0 spiro atoms. The van der Waals surface area contributed by atoms with Gasteiger partial charge in [-0.05, 0) is 12.1 Å². The molecular formula is C8H8N2O4. The van der Waals surface area contributed by atoms with Crippen LogP contribution in [0.5, 0.6) is 0 Å². The van der Waals surface area contributed by atoms with Crippen LogP contribution in [0.15, 0.2) is 18.3 Å². The average molecular weight is 196 g/mol. The van der Waals surface area contributed by atoms with Crippen LogP contribution < -0.4 is 5.32 Å². The van der Waals surface area contributed by atoms with E-state index in [9.17, 15) is 9.59 Å². The molecule has 6 nitrogen and oxygen atoms in total. The third kappa shape index (κ3) is 2.19. The van der Waals surface area contributed by atoms with Crippen molar-refractivity contribution in [2.45, 2.75) is 0 Å². The number of aromatic nitrogens is 1. The fourth-order valence-corrected chi connectivity index (χ4v) is 0.825. The Labute approximate surface area is 79.5 Å². The van der Waals surface area contributed by atoms with Gasteiger partial charge in [-0.15, -0.1) is 0 Å². The fourth-order valence-electron chi connectivity index (χ4n) is 0.825. The normalized spacial score (nSPS) is 9.21. The summed E-state index contributed by atoms with van der Waals surface area (Å²) in [6.45, 7) is 0. The largest absolute Gasteiger partial charge is 0.478 e. The van der Waals surface area contributed by atoms with Crippen molar-refractivity contribution in [1.29, 1.82) is 0 Å². The topological polar surface area (TPSA) is 88.5 Å². The van der Waals surface area contributed by atoms with Crippen molar-refractivity contribution in [1.82, 2.24) is 4.98 Å². The van der Waals surface area contributed by atoms with E-state index in [0.717, 1.165) is 0 Å². The molecule has 0 aliphatic carbocycles. The van der Waals surface area contributed by atoms with E-state index >= 15 is 0 Å². The standard InChI is InChI=1S/C8H8N2O4/c1-14-8(13)10-6-5(7(11)12)3-2-4-9-6/h2-4H,1H3,(H,11,12)(H,9,10,13). The van der Waals surface area contributed by atoms with Gasteiger partial charge in [0.15, 0.2) is 0 Å². The molecule has 0 atom stereocenters. The second kappa shape index (κ2) is 4.22. The summed E-state index contributed by atoms with van der Waals surface area (Å²) in [5.41, 5.74) is -0.0853. The predicted octanol–water partition coefficient (Wildman–Crippen LogP) is 0.958. The zero-order valence-electron chi connectivity index (χ0n) is 7.35. The monoisotopic (exact) mass is 196 g/mol. The van der Waals surface area contributed by atoms with E-state index < -0.39 is 12.1 Å². The Kier molecular flexibility index (Phi) is 3.01. The lowest BCUT2D eigenvalue weighted by atomic mass is 10.2. The van der Waals surface area contributed by atoms with Gasteiger partial charge in [0, 0.05) is 6.20 Å². The van der Waals surface area contributed by atoms with Crippen LogP contribution in [0.3, 0.4) is 0 Å². The average Bonchev–Trinajstić information content (AvgIpc) is 2.18. The Hall–Kier alpha value is -2.11. The van der Waals surface area contributed by atoms with Crippen molar-refractivity contribution >= 4 is 17.9 Å². The van der Waals surface area contributed by atoms with Gasteiger partial charge in [0.2, 0.25) is 0 Å². The number of carboxylic acid groups (broad SMARTS) is 1. The number of ether oxygens (including phenoxy) is 1. The summed E-state index contributed by atoms with van der Waals surface area (Å²) in [5, 5.41) is 10.9. The Morgan fingerprint density at radius 1 is 1.57 bits per heavy atom. The van der Waals surface area contributed by atoms with Gasteiger partial charge >= 0.3 is 12.1 Å². The molecule has 0 saturated carbocycles. The highest BCUT2D eigenvalue weighted by molar-refractivity contribution is 5.97. The first-order valence-electron chi connectivity index (χ1n) is 3.68. The number of rotatable bonds is 2. The number of nitrogens with one attached hydrogen (secondary N) is 1. The molecule has 1 rings (SSSR count). The molecule has 0 aromatic carbocycles. The lowest BCUT2D eigenvalue weighted by molar-refractivity contribution is 0.0697. The Balaban J connectivity index is 2.95. The number of anilines is 1. The molecule has 0 aliphatic heterocycles. The highest BCUT2D eigenvalue weighted by Crippen LogP contribution is 2.10. The van der Waals surface area contributed by atoms with E-state index in [1.54, 1.807) is 0 Å². The summed E-state index contributed by atoms with van der Waals surface area (Å²) in [5.74, 6) is -1.20. The first-order valence-corrected chi connectivity index (χ1v) is 3.68. The minimum atomic E-state index is -1.16. The summed E-state index contributed by atoms with van der Waals surface area (Å²) < 4.78 is 4.31. The molecule has 0 fully saturated rings. The van der Waals surface area contributed by atoms with Crippen molar-refractivity contribution < 1.29 is 19.4 Å². The van der Waals surface area contributed by atoms with Gasteiger partial charge in [-0.1, -0.05) is 0 Å². The number of pyridine rings is 1. The number of hydrogen-bond donors (Lipinski definition) is 2. The lowest BCUT2D eigenvalue weighted by Crippen LogP contribution is -2.15. The molecule has 0 radical (unpaired) electrons. The van der Waals surface area contributed by atoms with Gasteiger partial charge in [0.1, 0.15) is 11.4 Å². The molecule has 1 aromatic rings. The highest BCUT2D eigenvalue weighted by Gasteiger charge is 2.12. The maximum atomic E-state index is 10.8. The molecule has 6 heteroatoms. The van der Waals surface area contributed by atoms with Gasteiger partial charge < -0.3 is 9.84 Å². The number of nitrogens with zero attached hydrogens (tertiary/aromatic N) is 1. The second-order valence-corrected chi connectivity index (χ2v) is 2.32. The van der Waals surface area contributed by atoms with Crippen LogP contribution in [-0.4, -0.2) is 29.3 Å². The zero-order chi connectivity index (χ0) is 10.6. The Morgan fingerprint density at radius 3 is 2.86 bits per heavy atom. The number of amides is 1. The van der Waals surface area contributed by atoms with Crippen molar-refractivity contribution in [2.75, 3.05) is 12.4 Å². The molecular weight excluding hydrogens is 188 g/mol.